The van der Waals surface area contributed by atoms with Crippen molar-refractivity contribution in [3.8, 4) is 0 Å². The van der Waals surface area contributed by atoms with Crippen molar-refractivity contribution in [2.24, 2.45) is 11.8 Å². The SMILES string of the molecule is C=CCOC(=O)[C@@H]1[C@H]2C(=O)N([C@@H](CC)CO)C(C(=O)N(CC=C)c3ccc(Cl)cc3)C23CC[C@@]1(CC)O3. The van der Waals surface area contributed by atoms with Gasteiger partial charge in [-0.05, 0) is 49.9 Å². The van der Waals surface area contributed by atoms with Crippen molar-refractivity contribution in [3.05, 3.63) is 54.6 Å². The highest BCUT2D eigenvalue weighted by Crippen LogP contribution is 2.65. The number of carbonyl (C=O) groups excluding carboxylic acids is 3. The number of aliphatic hydroxyl groups is 1. The van der Waals surface area contributed by atoms with Gasteiger partial charge in [-0.25, -0.2) is 0 Å². The molecule has 0 radical (unpaired) electrons. The van der Waals surface area contributed by atoms with Gasteiger partial charge in [-0.15, -0.1) is 6.58 Å². The highest BCUT2D eigenvalue weighted by molar-refractivity contribution is 6.30. The van der Waals surface area contributed by atoms with Gasteiger partial charge in [0.2, 0.25) is 5.91 Å². The number of benzene rings is 1. The van der Waals surface area contributed by atoms with Crippen LogP contribution in [0.2, 0.25) is 5.02 Å². The van der Waals surface area contributed by atoms with E-state index in [0.717, 1.165) is 0 Å². The lowest BCUT2D eigenvalue weighted by molar-refractivity contribution is -0.161. The molecule has 1 N–H and O–H groups in total. The minimum atomic E-state index is -1.21. The highest BCUT2D eigenvalue weighted by atomic mass is 35.5. The fourth-order valence-corrected chi connectivity index (χ4v) is 6.68. The topological polar surface area (TPSA) is 96.4 Å². The third-order valence-corrected chi connectivity index (χ3v) is 8.49. The maximum absolute atomic E-state index is 14.4. The third-order valence-electron chi connectivity index (χ3n) is 8.24. The molecule has 3 saturated heterocycles. The van der Waals surface area contributed by atoms with Gasteiger partial charge < -0.3 is 24.4 Å². The molecule has 9 heteroatoms. The van der Waals surface area contributed by atoms with E-state index in [-0.39, 0.29) is 31.6 Å². The van der Waals surface area contributed by atoms with Crippen molar-refractivity contribution in [2.75, 3.05) is 24.7 Å². The number of fused-ring (bicyclic) bond motifs is 1. The summed E-state index contributed by atoms with van der Waals surface area (Å²) < 4.78 is 12.2. The molecule has 200 valence electrons. The van der Waals surface area contributed by atoms with E-state index >= 15 is 0 Å². The maximum atomic E-state index is 14.4. The first-order valence-electron chi connectivity index (χ1n) is 12.8. The molecule has 2 bridgehead atoms. The minimum Gasteiger partial charge on any atom is -0.461 e. The summed E-state index contributed by atoms with van der Waals surface area (Å²) in [5.41, 5.74) is -1.51. The van der Waals surface area contributed by atoms with Crippen LogP contribution in [0.3, 0.4) is 0 Å². The number of anilines is 1. The van der Waals surface area contributed by atoms with E-state index in [1.807, 2.05) is 13.8 Å². The highest BCUT2D eigenvalue weighted by Gasteiger charge is 2.79. The number of amides is 2. The molecule has 2 unspecified atom stereocenters. The van der Waals surface area contributed by atoms with E-state index in [1.54, 1.807) is 35.2 Å². The quantitative estimate of drug-likeness (QED) is 0.347. The molecule has 1 spiro atoms. The molecule has 0 saturated carbocycles. The lowest BCUT2D eigenvalue weighted by Gasteiger charge is -2.39. The standard InChI is InChI=1S/C28H35ClN2O6/c1-5-15-30(20-11-9-18(29)10-12-20)25(34)23-28-14-13-27(8-4,37-28)22(26(35)36-16-6-2)21(28)24(33)31(23)19(7-3)17-32/h5-6,9-12,19,21-23,32H,1-2,7-8,13-17H2,3-4H3/t19-,21-,22-,23?,27+,28?/m0/s1. The van der Waals surface area contributed by atoms with E-state index < -0.39 is 41.1 Å². The Labute approximate surface area is 222 Å². The summed E-state index contributed by atoms with van der Waals surface area (Å²) in [5, 5.41) is 10.7. The van der Waals surface area contributed by atoms with E-state index in [4.69, 9.17) is 21.1 Å². The summed E-state index contributed by atoms with van der Waals surface area (Å²) in [6, 6.07) is 5.22. The Bertz CT molecular complexity index is 1070. The Morgan fingerprint density at radius 3 is 2.54 bits per heavy atom. The van der Waals surface area contributed by atoms with Gasteiger partial charge in [-0.3, -0.25) is 14.4 Å². The van der Waals surface area contributed by atoms with Gasteiger partial charge in [0.25, 0.3) is 5.91 Å². The van der Waals surface area contributed by atoms with Crippen molar-refractivity contribution >= 4 is 35.1 Å². The van der Waals surface area contributed by atoms with E-state index in [9.17, 15) is 19.5 Å². The number of esters is 1. The normalized spacial score (nSPS) is 30.6. The number of nitrogens with zero attached hydrogens (tertiary/aromatic N) is 2. The van der Waals surface area contributed by atoms with Crippen LogP contribution in [0, 0.1) is 11.8 Å². The first-order valence-corrected chi connectivity index (χ1v) is 13.2. The summed E-state index contributed by atoms with van der Waals surface area (Å²) in [6.45, 7) is 11.1. The predicted octanol–water partition coefficient (Wildman–Crippen LogP) is 3.51. The maximum Gasteiger partial charge on any atom is 0.313 e. The molecule has 3 fully saturated rings. The average molecular weight is 531 g/mol. The molecule has 3 aliphatic heterocycles. The third kappa shape index (κ3) is 4.19. The van der Waals surface area contributed by atoms with Gasteiger partial charge in [0, 0.05) is 17.3 Å². The number of rotatable bonds is 11. The molecule has 0 aliphatic carbocycles. The summed E-state index contributed by atoms with van der Waals surface area (Å²) in [6.07, 6.45) is 4.99. The average Bonchev–Trinajstić information content (AvgIpc) is 3.51. The number of ether oxygens (including phenoxy) is 2. The fourth-order valence-electron chi connectivity index (χ4n) is 6.55. The van der Waals surface area contributed by atoms with Crippen LogP contribution in [0.5, 0.6) is 0 Å². The van der Waals surface area contributed by atoms with E-state index in [1.165, 1.54) is 11.0 Å². The van der Waals surface area contributed by atoms with Gasteiger partial charge in [0.1, 0.15) is 24.2 Å². The number of hydrogen-bond acceptors (Lipinski definition) is 6. The Morgan fingerprint density at radius 2 is 1.97 bits per heavy atom. The van der Waals surface area contributed by atoms with Gasteiger partial charge in [0.15, 0.2) is 0 Å². The number of likely N-dealkylation sites (tertiary alicyclic amines) is 1. The van der Waals surface area contributed by atoms with Gasteiger partial charge in [-0.2, -0.15) is 0 Å². The first kappa shape index (κ1) is 27.4. The van der Waals surface area contributed by atoms with Crippen LogP contribution in [0.1, 0.15) is 39.5 Å². The number of aliphatic hydroxyl groups excluding tert-OH is 1. The molecule has 6 atom stereocenters. The zero-order chi connectivity index (χ0) is 27.0. The second-order valence-electron chi connectivity index (χ2n) is 9.96. The summed E-state index contributed by atoms with van der Waals surface area (Å²) in [4.78, 5) is 44.9. The van der Waals surface area contributed by atoms with Gasteiger partial charge >= 0.3 is 5.97 Å². The molecule has 4 rings (SSSR count). The predicted molar refractivity (Wildman–Crippen MR) is 140 cm³/mol. The molecule has 37 heavy (non-hydrogen) atoms. The number of hydrogen-bond donors (Lipinski definition) is 1. The van der Waals surface area contributed by atoms with Crippen molar-refractivity contribution in [3.63, 3.8) is 0 Å². The molecule has 0 aromatic heterocycles. The van der Waals surface area contributed by atoms with Crippen molar-refractivity contribution < 1.29 is 29.0 Å². The number of halogens is 1. The van der Waals surface area contributed by atoms with Gasteiger partial charge in [-0.1, -0.05) is 44.2 Å². The van der Waals surface area contributed by atoms with Crippen LogP contribution >= 0.6 is 11.6 Å². The van der Waals surface area contributed by atoms with Crippen molar-refractivity contribution in [1.29, 1.82) is 0 Å². The lowest BCUT2D eigenvalue weighted by Crippen LogP contribution is -2.59. The van der Waals surface area contributed by atoms with E-state index in [0.29, 0.717) is 36.4 Å². The molecule has 2 amide bonds. The second kappa shape index (κ2) is 10.6. The summed E-state index contributed by atoms with van der Waals surface area (Å²) in [5.74, 6) is -2.96. The first-order chi connectivity index (χ1) is 17.7. The minimum absolute atomic E-state index is 0.0208. The largest absolute Gasteiger partial charge is 0.461 e. The van der Waals surface area contributed by atoms with Crippen LogP contribution < -0.4 is 4.90 Å². The van der Waals surface area contributed by atoms with Crippen LogP contribution in [-0.4, -0.2) is 70.8 Å². The molecular formula is C28H35ClN2O6. The zero-order valence-electron chi connectivity index (χ0n) is 21.4. The Balaban J connectivity index is 1.84. The molecule has 3 aliphatic rings. The van der Waals surface area contributed by atoms with Crippen LogP contribution in [0.25, 0.3) is 0 Å². The fraction of sp³-hybridized carbons (Fsp3) is 0.536. The lowest BCUT2D eigenvalue weighted by atomic mass is 9.65. The Hall–Kier alpha value is -2.68. The van der Waals surface area contributed by atoms with Gasteiger partial charge in [0.05, 0.1) is 24.2 Å². The Morgan fingerprint density at radius 1 is 1.27 bits per heavy atom. The molecule has 1 aromatic rings. The van der Waals surface area contributed by atoms with Crippen LogP contribution in [0.15, 0.2) is 49.6 Å². The summed E-state index contributed by atoms with van der Waals surface area (Å²) in [7, 11) is 0. The number of carbonyl (C=O) groups is 3. The second-order valence-corrected chi connectivity index (χ2v) is 10.4. The van der Waals surface area contributed by atoms with Crippen molar-refractivity contribution in [2.45, 2.75) is 62.8 Å². The summed E-state index contributed by atoms with van der Waals surface area (Å²) >= 11 is 6.08. The van der Waals surface area contributed by atoms with E-state index in [2.05, 4.69) is 13.2 Å². The molecule has 3 heterocycles. The van der Waals surface area contributed by atoms with Crippen LogP contribution in [-0.2, 0) is 23.9 Å². The Kier molecular flexibility index (Phi) is 7.83. The zero-order valence-corrected chi connectivity index (χ0v) is 22.2. The molecular weight excluding hydrogens is 496 g/mol. The molecule has 8 nitrogen and oxygen atoms in total. The molecule has 1 aromatic carbocycles. The monoisotopic (exact) mass is 530 g/mol. The van der Waals surface area contributed by atoms with Crippen LogP contribution in [0.4, 0.5) is 5.69 Å². The smallest absolute Gasteiger partial charge is 0.313 e. The van der Waals surface area contributed by atoms with Crippen molar-refractivity contribution in [1.82, 2.24) is 4.90 Å².